The van der Waals surface area contributed by atoms with Gasteiger partial charge in [0.25, 0.3) is 5.91 Å². The molecule has 1 saturated heterocycles. The second-order valence-corrected chi connectivity index (χ2v) is 9.82. The van der Waals surface area contributed by atoms with Gasteiger partial charge in [0.15, 0.2) is 5.82 Å². The Morgan fingerprint density at radius 2 is 1.88 bits per heavy atom. The number of benzene rings is 2. The van der Waals surface area contributed by atoms with Gasteiger partial charge in [0.2, 0.25) is 0 Å². The van der Waals surface area contributed by atoms with Gasteiger partial charge in [-0.15, -0.1) is 0 Å². The number of hydrogen-bond acceptors (Lipinski definition) is 5. The molecular formula is C27H34N6O. The highest BCUT2D eigenvalue weighted by molar-refractivity contribution is 5.95. The number of carbonyl (C=O) groups excluding carboxylic acids is 1. The second-order valence-electron chi connectivity index (χ2n) is 9.82. The average Bonchev–Trinajstić information content (AvgIpc) is 3.40. The van der Waals surface area contributed by atoms with E-state index in [0.29, 0.717) is 0 Å². The lowest BCUT2D eigenvalue weighted by Gasteiger charge is -2.22. The number of rotatable bonds is 5. The molecule has 1 amide bonds. The van der Waals surface area contributed by atoms with Crippen LogP contribution in [0.5, 0.6) is 0 Å². The first-order valence-electron chi connectivity index (χ1n) is 12.3. The van der Waals surface area contributed by atoms with Gasteiger partial charge in [0.05, 0.1) is 5.92 Å². The van der Waals surface area contributed by atoms with Gasteiger partial charge in [0.1, 0.15) is 6.33 Å². The van der Waals surface area contributed by atoms with Crippen molar-refractivity contribution in [3.63, 3.8) is 0 Å². The van der Waals surface area contributed by atoms with Gasteiger partial charge in [-0.25, -0.2) is 4.98 Å². The summed E-state index contributed by atoms with van der Waals surface area (Å²) in [6.45, 7) is 9.38. The van der Waals surface area contributed by atoms with Crippen molar-refractivity contribution in [2.45, 2.75) is 38.8 Å². The lowest BCUT2D eigenvalue weighted by molar-refractivity contribution is 0.0762. The van der Waals surface area contributed by atoms with Crippen LogP contribution in [-0.2, 0) is 6.54 Å². The molecule has 0 bridgehead atoms. The summed E-state index contributed by atoms with van der Waals surface area (Å²) in [6.07, 6.45) is 2.83. The van der Waals surface area contributed by atoms with Crippen molar-refractivity contribution in [3.05, 3.63) is 77.4 Å². The van der Waals surface area contributed by atoms with Crippen LogP contribution in [0.2, 0.25) is 0 Å². The molecule has 1 unspecified atom stereocenters. The summed E-state index contributed by atoms with van der Waals surface area (Å²) >= 11 is 0. The topological polar surface area (TPSA) is 57.5 Å². The molecule has 1 fully saturated rings. The van der Waals surface area contributed by atoms with Gasteiger partial charge in [-0.3, -0.25) is 9.48 Å². The number of hydrogen-bond donors (Lipinski definition) is 0. The van der Waals surface area contributed by atoms with Crippen molar-refractivity contribution in [3.8, 4) is 0 Å². The van der Waals surface area contributed by atoms with E-state index in [9.17, 15) is 4.79 Å². The summed E-state index contributed by atoms with van der Waals surface area (Å²) < 4.78 is 1.91. The minimum Gasteiger partial charge on any atom is -0.366 e. The molecule has 5 rings (SSSR count). The molecule has 2 aliphatic rings. The van der Waals surface area contributed by atoms with Crippen LogP contribution in [0.15, 0.2) is 54.9 Å². The molecule has 0 radical (unpaired) electrons. The summed E-state index contributed by atoms with van der Waals surface area (Å²) in [5.41, 5.74) is 4.35. The van der Waals surface area contributed by atoms with Crippen LogP contribution in [0.1, 0.15) is 59.5 Å². The second kappa shape index (κ2) is 9.58. The van der Waals surface area contributed by atoms with E-state index < -0.39 is 0 Å². The normalized spacial score (nSPS) is 18.9. The van der Waals surface area contributed by atoms with Crippen molar-refractivity contribution in [1.29, 1.82) is 0 Å². The SMILES string of the molecule is CC(C)n1cnc(C2CN(Cc3ccccc3)c3ccc(C(=O)N4CCCN(C)CC4)cc32)n1. The van der Waals surface area contributed by atoms with Crippen molar-refractivity contribution in [2.75, 3.05) is 44.7 Å². The van der Waals surface area contributed by atoms with E-state index in [4.69, 9.17) is 5.10 Å². The quantitative estimate of drug-likeness (QED) is 0.582. The highest BCUT2D eigenvalue weighted by atomic mass is 16.2. The number of nitrogens with zero attached hydrogens (tertiary/aromatic N) is 6. The van der Waals surface area contributed by atoms with Crippen LogP contribution in [0, 0.1) is 0 Å². The Hall–Kier alpha value is -3.19. The molecule has 2 aliphatic heterocycles. The van der Waals surface area contributed by atoms with Crippen LogP contribution in [0.3, 0.4) is 0 Å². The molecular weight excluding hydrogens is 424 g/mol. The van der Waals surface area contributed by atoms with Crippen LogP contribution in [0.4, 0.5) is 5.69 Å². The number of anilines is 1. The first kappa shape index (κ1) is 22.6. The first-order chi connectivity index (χ1) is 16.5. The largest absolute Gasteiger partial charge is 0.366 e. The van der Waals surface area contributed by atoms with Gasteiger partial charge in [-0.05, 0) is 63.2 Å². The van der Waals surface area contributed by atoms with Crippen LogP contribution >= 0.6 is 0 Å². The molecule has 3 heterocycles. The van der Waals surface area contributed by atoms with E-state index in [1.54, 1.807) is 0 Å². The maximum Gasteiger partial charge on any atom is 0.253 e. The van der Waals surface area contributed by atoms with Gasteiger partial charge in [0, 0.05) is 50.0 Å². The van der Waals surface area contributed by atoms with Crippen LogP contribution in [-0.4, -0.2) is 70.2 Å². The number of fused-ring (bicyclic) bond motifs is 1. The Balaban J connectivity index is 1.47. The zero-order chi connectivity index (χ0) is 23.7. The van der Waals surface area contributed by atoms with Crippen molar-refractivity contribution >= 4 is 11.6 Å². The third-order valence-electron chi connectivity index (χ3n) is 6.98. The van der Waals surface area contributed by atoms with E-state index in [1.165, 1.54) is 11.3 Å². The lowest BCUT2D eigenvalue weighted by atomic mass is 9.98. The maximum absolute atomic E-state index is 13.4. The van der Waals surface area contributed by atoms with Gasteiger partial charge in [-0.2, -0.15) is 5.10 Å². The fraction of sp³-hybridized carbons (Fsp3) is 0.444. The zero-order valence-corrected chi connectivity index (χ0v) is 20.4. The average molecular weight is 459 g/mol. The van der Waals surface area contributed by atoms with Crippen LogP contribution < -0.4 is 4.90 Å². The Kier molecular flexibility index (Phi) is 6.37. The molecule has 0 N–H and O–H groups in total. The molecule has 3 aromatic rings. The molecule has 34 heavy (non-hydrogen) atoms. The summed E-state index contributed by atoms with van der Waals surface area (Å²) in [5.74, 6) is 0.993. The third kappa shape index (κ3) is 4.57. The first-order valence-corrected chi connectivity index (χ1v) is 12.3. The summed E-state index contributed by atoms with van der Waals surface area (Å²) in [6, 6.07) is 17.0. The molecule has 7 nitrogen and oxygen atoms in total. The van der Waals surface area contributed by atoms with Gasteiger partial charge < -0.3 is 14.7 Å². The van der Waals surface area contributed by atoms with E-state index in [0.717, 1.165) is 62.6 Å². The zero-order valence-electron chi connectivity index (χ0n) is 20.4. The molecule has 0 spiro atoms. The monoisotopic (exact) mass is 458 g/mol. The maximum atomic E-state index is 13.4. The molecule has 178 valence electrons. The fourth-order valence-corrected chi connectivity index (χ4v) is 4.97. The number of likely N-dealkylation sites (N-methyl/N-ethyl adjacent to an activating group) is 1. The Bertz CT molecular complexity index is 1140. The molecule has 1 aromatic heterocycles. The minimum atomic E-state index is 0.0433. The summed E-state index contributed by atoms with van der Waals surface area (Å²) in [4.78, 5) is 24.8. The smallest absolute Gasteiger partial charge is 0.253 e. The molecule has 1 atom stereocenters. The van der Waals surface area contributed by atoms with Crippen LogP contribution in [0.25, 0.3) is 0 Å². The predicted octanol–water partition coefficient (Wildman–Crippen LogP) is 3.79. The molecule has 0 saturated carbocycles. The van der Waals surface area contributed by atoms with E-state index in [1.807, 2.05) is 28.0 Å². The number of carbonyl (C=O) groups is 1. The van der Waals surface area contributed by atoms with Gasteiger partial charge >= 0.3 is 0 Å². The summed E-state index contributed by atoms with van der Waals surface area (Å²) in [5, 5.41) is 4.80. The van der Waals surface area contributed by atoms with E-state index in [2.05, 4.69) is 72.1 Å². The Morgan fingerprint density at radius 3 is 2.65 bits per heavy atom. The highest BCUT2D eigenvalue weighted by Crippen LogP contribution is 2.40. The summed E-state index contributed by atoms with van der Waals surface area (Å²) in [7, 11) is 2.12. The molecule has 0 aliphatic carbocycles. The third-order valence-corrected chi connectivity index (χ3v) is 6.98. The minimum absolute atomic E-state index is 0.0433. The Morgan fingerprint density at radius 1 is 1.06 bits per heavy atom. The molecule has 2 aromatic carbocycles. The molecule has 7 heteroatoms. The van der Waals surface area contributed by atoms with E-state index >= 15 is 0 Å². The van der Waals surface area contributed by atoms with Gasteiger partial charge in [-0.1, -0.05) is 30.3 Å². The van der Waals surface area contributed by atoms with Crippen molar-refractivity contribution in [1.82, 2.24) is 24.6 Å². The lowest BCUT2D eigenvalue weighted by Crippen LogP contribution is -2.34. The number of amides is 1. The standard InChI is InChI=1S/C27H34N6O/c1-20(2)33-19-28-26(29-33)24-18-32(17-21-8-5-4-6-9-21)25-11-10-22(16-23(24)25)27(34)31-13-7-12-30(3)14-15-31/h4-6,8-11,16,19-20,24H,7,12-15,17-18H2,1-3H3. The highest BCUT2D eigenvalue weighted by Gasteiger charge is 2.33. The van der Waals surface area contributed by atoms with E-state index in [-0.39, 0.29) is 17.9 Å². The number of aromatic nitrogens is 3. The van der Waals surface area contributed by atoms with Crippen molar-refractivity contribution in [2.24, 2.45) is 0 Å². The fourth-order valence-electron chi connectivity index (χ4n) is 4.97. The Labute approximate surface area is 202 Å². The predicted molar refractivity (Wildman–Crippen MR) is 134 cm³/mol. The van der Waals surface area contributed by atoms with Crippen molar-refractivity contribution < 1.29 is 4.79 Å².